The number of nitrogens with zero attached hydrogens (tertiary/aromatic N) is 2. The van der Waals surface area contributed by atoms with Gasteiger partial charge >= 0.3 is 0 Å². The number of anilines is 1. The number of aromatic amines is 1. The summed E-state index contributed by atoms with van der Waals surface area (Å²) in [7, 11) is 1.57. The third-order valence-electron chi connectivity index (χ3n) is 3.93. The standard InChI is InChI=1S/C19H16N4O2S/c1-25-13-7-8-15-14(9-13)18(24)23-17(22-15)11-21-19-20-10-16(26-19)12-5-3-2-4-6-12/h2-10H,11H2,1H3,(H,20,21)(H,22,23,24). The number of H-pyrrole nitrogens is 1. The van der Waals surface area contributed by atoms with Crippen LogP contribution in [0.5, 0.6) is 5.75 Å². The summed E-state index contributed by atoms with van der Waals surface area (Å²) >= 11 is 1.56. The molecule has 0 saturated carbocycles. The molecule has 130 valence electrons. The Kier molecular flexibility index (Phi) is 4.37. The van der Waals surface area contributed by atoms with Crippen LogP contribution in [0, 0.1) is 0 Å². The first-order valence-electron chi connectivity index (χ1n) is 8.05. The molecule has 0 aliphatic carbocycles. The summed E-state index contributed by atoms with van der Waals surface area (Å²) in [5.41, 5.74) is 1.58. The number of fused-ring (bicyclic) bond motifs is 1. The smallest absolute Gasteiger partial charge is 0.258 e. The molecule has 0 unspecified atom stereocenters. The zero-order valence-electron chi connectivity index (χ0n) is 14.0. The number of nitrogens with one attached hydrogen (secondary N) is 2. The van der Waals surface area contributed by atoms with Crippen LogP contribution in [0.15, 0.2) is 59.5 Å². The van der Waals surface area contributed by atoms with Gasteiger partial charge in [-0.2, -0.15) is 0 Å². The summed E-state index contributed by atoms with van der Waals surface area (Å²) < 4.78 is 5.15. The highest BCUT2D eigenvalue weighted by molar-refractivity contribution is 7.18. The van der Waals surface area contributed by atoms with Gasteiger partial charge in [-0.05, 0) is 23.8 Å². The van der Waals surface area contributed by atoms with Crippen LogP contribution in [0.2, 0.25) is 0 Å². The fourth-order valence-electron chi connectivity index (χ4n) is 2.63. The van der Waals surface area contributed by atoms with Crippen LogP contribution in [-0.4, -0.2) is 22.1 Å². The lowest BCUT2D eigenvalue weighted by molar-refractivity contribution is 0.415. The molecule has 0 spiro atoms. The lowest BCUT2D eigenvalue weighted by atomic mass is 10.2. The van der Waals surface area contributed by atoms with E-state index in [2.05, 4.69) is 20.3 Å². The summed E-state index contributed by atoms with van der Waals surface area (Å²) in [5, 5.41) is 4.50. The van der Waals surface area contributed by atoms with Crippen molar-refractivity contribution in [2.45, 2.75) is 6.54 Å². The van der Waals surface area contributed by atoms with Gasteiger partial charge in [0.25, 0.3) is 5.56 Å². The molecule has 2 aromatic carbocycles. The predicted molar refractivity (Wildman–Crippen MR) is 104 cm³/mol. The van der Waals surface area contributed by atoms with E-state index in [0.29, 0.717) is 29.0 Å². The molecular formula is C19H16N4O2S. The predicted octanol–water partition coefficient (Wildman–Crippen LogP) is 3.67. The van der Waals surface area contributed by atoms with Crippen molar-refractivity contribution < 1.29 is 4.74 Å². The first kappa shape index (κ1) is 16.3. The van der Waals surface area contributed by atoms with Crippen LogP contribution in [0.3, 0.4) is 0 Å². The lowest BCUT2D eigenvalue weighted by Crippen LogP contribution is -2.14. The Balaban J connectivity index is 1.53. The van der Waals surface area contributed by atoms with Crippen LogP contribution in [-0.2, 0) is 6.54 Å². The summed E-state index contributed by atoms with van der Waals surface area (Å²) in [4.78, 5) is 25.0. The van der Waals surface area contributed by atoms with E-state index in [1.807, 2.05) is 36.5 Å². The molecule has 0 bridgehead atoms. The lowest BCUT2D eigenvalue weighted by Gasteiger charge is -2.05. The van der Waals surface area contributed by atoms with Crippen molar-refractivity contribution in [1.29, 1.82) is 0 Å². The van der Waals surface area contributed by atoms with E-state index in [4.69, 9.17) is 4.74 Å². The second-order valence-electron chi connectivity index (χ2n) is 5.64. The van der Waals surface area contributed by atoms with E-state index in [1.165, 1.54) is 0 Å². The number of hydrogen-bond acceptors (Lipinski definition) is 6. The molecule has 0 radical (unpaired) electrons. The van der Waals surface area contributed by atoms with Crippen LogP contribution in [0.25, 0.3) is 21.3 Å². The number of methoxy groups -OCH3 is 1. The number of ether oxygens (including phenoxy) is 1. The molecule has 4 aromatic rings. The molecule has 0 fully saturated rings. The minimum Gasteiger partial charge on any atom is -0.497 e. The fraction of sp³-hybridized carbons (Fsp3) is 0.105. The van der Waals surface area contributed by atoms with Gasteiger partial charge < -0.3 is 15.0 Å². The maximum absolute atomic E-state index is 12.3. The normalized spacial score (nSPS) is 10.8. The van der Waals surface area contributed by atoms with Gasteiger partial charge in [-0.1, -0.05) is 41.7 Å². The van der Waals surface area contributed by atoms with E-state index in [1.54, 1.807) is 36.6 Å². The van der Waals surface area contributed by atoms with E-state index < -0.39 is 0 Å². The minimum atomic E-state index is -0.185. The number of hydrogen-bond donors (Lipinski definition) is 2. The van der Waals surface area contributed by atoms with Crippen LogP contribution < -0.4 is 15.6 Å². The molecule has 2 aromatic heterocycles. The SMILES string of the molecule is COc1ccc2nc(CNc3ncc(-c4ccccc4)s3)[nH]c(=O)c2c1. The largest absolute Gasteiger partial charge is 0.497 e. The van der Waals surface area contributed by atoms with Crippen molar-refractivity contribution in [2.24, 2.45) is 0 Å². The van der Waals surface area contributed by atoms with Crippen molar-refractivity contribution >= 4 is 27.4 Å². The van der Waals surface area contributed by atoms with Crippen molar-refractivity contribution in [3.63, 3.8) is 0 Å². The van der Waals surface area contributed by atoms with E-state index in [-0.39, 0.29) is 5.56 Å². The second kappa shape index (κ2) is 6.97. The first-order chi connectivity index (χ1) is 12.7. The van der Waals surface area contributed by atoms with Crippen molar-refractivity contribution in [3.05, 3.63) is 70.9 Å². The molecular weight excluding hydrogens is 348 g/mol. The minimum absolute atomic E-state index is 0.185. The van der Waals surface area contributed by atoms with E-state index in [9.17, 15) is 4.79 Å². The summed E-state index contributed by atoms with van der Waals surface area (Å²) in [6.45, 7) is 0.388. The quantitative estimate of drug-likeness (QED) is 0.565. The zero-order valence-corrected chi connectivity index (χ0v) is 14.8. The Morgan fingerprint density at radius 2 is 2.04 bits per heavy atom. The van der Waals surface area contributed by atoms with Crippen LogP contribution in [0.4, 0.5) is 5.13 Å². The molecule has 4 rings (SSSR count). The average Bonchev–Trinajstić information content (AvgIpc) is 3.16. The average molecular weight is 364 g/mol. The van der Waals surface area contributed by atoms with Crippen LogP contribution in [0.1, 0.15) is 5.82 Å². The summed E-state index contributed by atoms with van der Waals surface area (Å²) in [5.74, 6) is 1.19. The van der Waals surface area contributed by atoms with Gasteiger partial charge in [0, 0.05) is 6.20 Å². The highest BCUT2D eigenvalue weighted by Crippen LogP contribution is 2.28. The Labute approximate surface area is 153 Å². The van der Waals surface area contributed by atoms with Gasteiger partial charge in [0.15, 0.2) is 5.13 Å². The maximum Gasteiger partial charge on any atom is 0.258 e. The molecule has 6 nitrogen and oxygen atoms in total. The molecule has 2 N–H and O–H groups in total. The monoisotopic (exact) mass is 364 g/mol. The third-order valence-corrected chi connectivity index (χ3v) is 4.94. The fourth-order valence-corrected chi connectivity index (χ4v) is 3.45. The van der Waals surface area contributed by atoms with Crippen molar-refractivity contribution in [3.8, 4) is 16.2 Å². The summed E-state index contributed by atoms with van der Waals surface area (Å²) in [6.07, 6.45) is 1.84. The number of aromatic nitrogens is 3. The highest BCUT2D eigenvalue weighted by atomic mass is 32.1. The molecule has 0 aliphatic heterocycles. The van der Waals surface area contributed by atoms with Gasteiger partial charge in [0.1, 0.15) is 11.6 Å². The summed E-state index contributed by atoms with van der Waals surface area (Å²) in [6, 6.07) is 15.3. The van der Waals surface area contributed by atoms with Gasteiger partial charge in [-0.25, -0.2) is 9.97 Å². The second-order valence-corrected chi connectivity index (χ2v) is 6.68. The topological polar surface area (TPSA) is 79.9 Å². The van der Waals surface area contributed by atoms with Crippen LogP contribution >= 0.6 is 11.3 Å². The van der Waals surface area contributed by atoms with Gasteiger partial charge in [-0.3, -0.25) is 4.79 Å². The van der Waals surface area contributed by atoms with E-state index >= 15 is 0 Å². The number of thiazole rings is 1. The number of rotatable bonds is 5. The molecule has 0 saturated heterocycles. The van der Waals surface area contributed by atoms with Gasteiger partial charge in [0.05, 0.1) is 29.4 Å². The van der Waals surface area contributed by atoms with Gasteiger partial charge in [-0.15, -0.1) is 0 Å². The maximum atomic E-state index is 12.3. The van der Waals surface area contributed by atoms with E-state index in [0.717, 1.165) is 15.6 Å². The molecule has 2 heterocycles. The zero-order chi connectivity index (χ0) is 17.9. The molecule has 7 heteroatoms. The molecule has 0 atom stereocenters. The Morgan fingerprint density at radius 1 is 1.19 bits per heavy atom. The first-order valence-corrected chi connectivity index (χ1v) is 8.86. The molecule has 26 heavy (non-hydrogen) atoms. The molecule has 0 aliphatic rings. The molecule has 0 amide bonds. The number of benzene rings is 2. The van der Waals surface area contributed by atoms with Crippen molar-refractivity contribution in [1.82, 2.24) is 15.0 Å². The third kappa shape index (κ3) is 3.29. The van der Waals surface area contributed by atoms with Gasteiger partial charge in [0.2, 0.25) is 0 Å². The highest BCUT2D eigenvalue weighted by Gasteiger charge is 2.07. The Hall–Kier alpha value is -3.19. The Bertz CT molecular complexity index is 1110. The Morgan fingerprint density at radius 3 is 2.85 bits per heavy atom. The van der Waals surface area contributed by atoms with Crippen molar-refractivity contribution in [2.75, 3.05) is 12.4 Å².